The van der Waals surface area contributed by atoms with E-state index in [2.05, 4.69) is 25.5 Å². The molecule has 0 spiro atoms. The van der Waals surface area contributed by atoms with Crippen molar-refractivity contribution in [2.75, 3.05) is 50.1 Å². The third-order valence-electron chi connectivity index (χ3n) is 8.66. The second kappa shape index (κ2) is 18.1. The summed E-state index contributed by atoms with van der Waals surface area (Å²) < 4.78 is 32.5. The lowest BCUT2D eigenvalue weighted by atomic mass is 10.1. The Balaban J connectivity index is 1.37. The monoisotopic (exact) mass is 698 g/mol. The number of halogens is 1. The van der Waals surface area contributed by atoms with Gasteiger partial charge in [0.2, 0.25) is 5.95 Å². The van der Waals surface area contributed by atoms with Crippen LogP contribution in [0.1, 0.15) is 66.9 Å². The highest BCUT2D eigenvalue weighted by Crippen LogP contribution is 2.36. The molecule has 0 atom stereocenters. The first kappa shape index (κ1) is 37.0. The summed E-state index contributed by atoms with van der Waals surface area (Å²) in [5.41, 5.74) is 2.60. The van der Waals surface area contributed by atoms with Crippen molar-refractivity contribution >= 4 is 35.1 Å². The second-order valence-corrected chi connectivity index (χ2v) is 12.5. The second-order valence-electron chi connectivity index (χ2n) is 12.5. The fourth-order valence-corrected chi connectivity index (χ4v) is 5.90. The van der Waals surface area contributed by atoms with E-state index in [1.165, 1.54) is 43.5 Å². The van der Waals surface area contributed by atoms with Crippen molar-refractivity contribution in [1.29, 1.82) is 0 Å². The number of nitrogens with zero attached hydrogens (tertiary/aromatic N) is 4. The van der Waals surface area contributed by atoms with Gasteiger partial charge in [-0.05, 0) is 94.1 Å². The summed E-state index contributed by atoms with van der Waals surface area (Å²) in [7, 11) is 1.45. The van der Waals surface area contributed by atoms with Crippen LogP contribution < -0.4 is 29.7 Å². The van der Waals surface area contributed by atoms with Gasteiger partial charge in [0.15, 0.2) is 11.6 Å². The molecule has 0 saturated carbocycles. The molecular weight excluding hydrogens is 651 g/mol. The number of piperidine rings is 1. The number of carbonyl (C=O) groups excluding carboxylic acids is 2. The van der Waals surface area contributed by atoms with Gasteiger partial charge in [0, 0.05) is 42.7 Å². The minimum Gasteiger partial charge on any atom is -0.495 e. The van der Waals surface area contributed by atoms with Crippen LogP contribution in [0.3, 0.4) is 0 Å². The molecule has 1 fully saturated rings. The van der Waals surface area contributed by atoms with Gasteiger partial charge >= 0.3 is 6.09 Å². The van der Waals surface area contributed by atoms with E-state index in [0.717, 1.165) is 50.0 Å². The van der Waals surface area contributed by atoms with Crippen LogP contribution in [0.2, 0.25) is 0 Å². The molecule has 2 amide bonds. The molecule has 1 aromatic heterocycles. The van der Waals surface area contributed by atoms with E-state index in [0.29, 0.717) is 30.2 Å². The fraction of sp³-hybridized carbons (Fsp3) is 0.385. The van der Waals surface area contributed by atoms with Gasteiger partial charge in [0.1, 0.15) is 17.3 Å². The maximum atomic E-state index is 15.1. The average molecular weight is 699 g/mol. The van der Waals surface area contributed by atoms with Gasteiger partial charge < -0.3 is 29.7 Å². The number of methoxy groups -OCH3 is 1. The molecule has 2 heterocycles. The van der Waals surface area contributed by atoms with Crippen LogP contribution in [0.4, 0.5) is 32.3 Å². The summed E-state index contributed by atoms with van der Waals surface area (Å²) in [6.45, 7) is 9.88. The molecule has 12 heteroatoms. The lowest BCUT2D eigenvalue weighted by Gasteiger charge is -2.26. The number of aryl methyl sites for hydroxylation is 2. The SMILES string of the molecule is CCCCNC(=O)c1ccc(N(C(=O)Oc2c(C)cccc2C)c2ccnc(Nc3ccc(OCCCN4CCCCC4)c(F)c3)n2)c(OC)c1. The molecule has 1 saturated heterocycles. The number of likely N-dealkylation sites (tertiary alicyclic amines) is 1. The fourth-order valence-electron chi connectivity index (χ4n) is 5.90. The Hall–Kier alpha value is -5.23. The largest absolute Gasteiger partial charge is 0.495 e. The lowest BCUT2D eigenvalue weighted by molar-refractivity contribution is 0.0952. The van der Waals surface area contributed by atoms with Gasteiger partial charge in [-0.2, -0.15) is 4.98 Å². The standard InChI is InChI=1S/C39H47FN6O5/c1-5-6-19-41-37(47)29-14-16-32(34(25-29)49-4)46(39(48)51-36-27(2)12-10-13-28(36)3)35-18-20-42-38(44-35)43-30-15-17-33(31(40)26-30)50-24-11-23-45-21-8-7-9-22-45/h10,12-18,20,25-26H,5-9,11,19,21-24H2,1-4H3,(H,41,47)(H,42,43,44). The maximum absolute atomic E-state index is 15.1. The van der Waals surface area contributed by atoms with Crippen LogP contribution >= 0.6 is 0 Å². The zero-order chi connectivity index (χ0) is 36.2. The molecule has 51 heavy (non-hydrogen) atoms. The zero-order valence-electron chi connectivity index (χ0n) is 29.8. The highest BCUT2D eigenvalue weighted by Gasteiger charge is 2.27. The number of aromatic nitrogens is 2. The number of nitrogens with one attached hydrogen (secondary N) is 2. The van der Waals surface area contributed by atoms with E-state index >= 15 is 4.39 Å². The summed E-state index contributed by atoms with van der Waals surface area (Å²) in [4.78, 5) is 39.5. The van der Waals surface area contributed by atoms with Crippen molar-refractivity contribution in [1.82, 2.24) is 20.2 Å². The minimum absolute atomic E-state index is 0.109. The van der Waals surface area contributed by atoms with Crippen molar-refractivity contribution in [2.24, 2.45) is 0 Å². The van der Waals surface area contributed by atoms with Crippen molar-refractivity contribution in [3.63, 3.8) is 0 Å². The zero-order valence-corrected chi connectivity index (χ0v) is 29.8. The number of hydrogen-bond acceptors (Lipinski definition) is 9. The van der Waals surface area contributed by atoms with Gasteiger partial charge in [-0.15, -0.1) is 0 Å². The quantitative estimate of drug-likeness (QED) is 0.119. The molecule has 0 unspecified atom stereocenters. The summed E-state index contributed by atoms with van der Waals surface area (Å²) in [5, 5.41) is 5.92. The highest BCUT2D eigenvalue weighted by molar-refractivity contribution is 6.00. The molecule has 270 valence electrons. The molecule has 11 nitrogen and oxygen atoms in total. The van der Waals surface area contributed by atoms with Gasteiger partial charge in [-0.3, -0.25) is 4.79 Å². The van der Waals surface area contributed by atoms with Gasteiger partial charge in [-0.1, -0.05) is 38.0 Å². The molecule has 2 N–H and O–H groups in total. The number of anilines is 4. The van der Waals surface area contributed by atoms with E-state index in [1.54, 1.807) is 36.4 Å². The summed E-state index contributed by atoms with van der Waals surface area (Å²) >= 11 is 0. The summed E-state index contributed by atoms with van der Waals surface area (Å²) in [6.07, 6.45) is 7.08. The number of hydrogen-bond donors (Lipinski definition) is 2. The first-order valence-electron chi connectivity index (χ1n) is 17.6. The van der Waals surface area contributed by atoms with Gasteiger partial charge in [0.05, 0.1) is 19.4 Å². The van der Waals surface area contributed by atoms with Crippen molar-refractivity contribution in [3.8, 4) is 17.2 Å². The third-order valence-corrected chi connectivity index (χ3v) is 8.66. The predicted octanol–water partition coefficient (Wildman–Crippen LogP) is 8.11. The van der Waals surface area contributed by atoms with Crippen LogP contribution in [-0.4, -0.2) is 66.8 Å². The molecule has 5 rings (SSSR count). The molecule has 3 aromatic carbocycles. The third kappa shape index (κ3) is 9.94. The smallest absolute Gasteiger partial charge is 0.425 e. The van der Waals surface area contributed by atoms with Crippen LogP contribution in [0.5, 0.6) is 17.2 Å². The topological polar surface area (TPSA) is 118 Å². The molecule has 1 aliphatic rings. The average Bonchev–Trinajstić information content (AvgIpc) is 3.13. The Kier molecular flexibility index (Phi) is 13.2. The molecule has 4 aromatic rings. The van der Waals surface area contributed by atoms with Crippen LogP contribution in [0, 0.1) is 19.7 Å². The van der Waals surface area contributed by atoms with Crippen molar-refractivity contribution < 1.29 is 28.2 Å². The Labute approximate surface area is 299 Å². The number of para-hydroxylation sites is 1. The van der Waals surface area contributed by atoms with Gasteiger partial charge in [-0.25, -0.2) is 19.1 Å². The van der Waals surface area contributed by atoms with Crippen LogP contribution in [-0.2, 0) is 0 Å². The molecule has 0 radical (unpaired) electrons. The Morgan fingerprint density at radius 2 is 1.75 bits per heavy atom. The number of ether oxygens (including phenoxy) is 3. The Bertz CT molecular complexity index is 1780. The first-order valence-corrected chi connectivity index (χ1v) is 17.6. The van der Waals surface area contributed by atoms with Gasteiger partial charge in [0.25, 0.3) is 5.91 Å². The first-order chi connectivity index (χ1) is 24.8. The van der Waals surface area contributed by atoms with E-state index in [4.69, 9.17) is 14.2 Å². The highest BCUT2D eigenvalue weighted by atomic mass is 19.1. The molecule has 0 bridgehead atoms. The van der Waals surface area contributed by atoms with Crippen molar-refractivity contribution in [3.05, 3.63) is 89.4 Å². The van der Waals surface area contributed by atoms with E-state index in [1.807, 2.05) is 39.0 Å². The lowest BCUT2D eigenvalue weighted by Crippen LogP contribution is -2.31. The summed E-state index contributed by atoms with van der Waals surface area (Å²) in [6, 6.07) is 16.5. The Morgan fingerprint density at radius 1 is 0.961 bits per heavy atom. The predicted molar refractivity (Wildman–Crippen MR) is 196 cm³/mol. The van der Waals surface area contributed by atoms with E-state index in [9.17, 15) is 9.59 Å². The van der Waals surface area contributed by atoms with E-state index in [-0.39, 0.29) is 34.9 Å². The molecule has 1 aliphatic heterocycles. The molecular formula is C39H47FN6O5. The van der Waals surface area contributed by atoms with Crippen LogP contribution in [0.25, 0.3) is 0 Å². The number of amides is 2. The van der Waals surface area contributed by atoms with Crippen molar-refractivity contribution in [2.45, 2.75) is 59.3 Å². The number of rotatable bonds is 15. The van der Waals surface area contributed by atoms with E-state index < -0.39 is 11.9 Å². The maximum Gasteiger partial charge on any atom is 0.425 e. The summed E-state index contributed by atoms with van der Waals surface area (Å²) in [5.74, 6) is 0.315. The number of unbranched alkanes of at least 4 members (excludes halogenated alkanes) is 1. The Morgan fingerprint density at radius 3 is 2.47 bits per heavy atom. The number of benzene rings is 3. The minimum atomic E-state index is -0.761. The normalized spacial score (nSPS) is 13.0. The molecule has 0 aliphatic carbocycles. The number of carbonyl (C=O) groups is 2. The van der Waals surface area contributed by atoms with Crippen LogP contribution in [0.15, 0.2) is 66.9 Å².